The molecule has 0 saturated carbocycles. The number of hydrogen-bond donors (Lipinski definition) is 0. The van der Waals surface area contributed by atoms with Gasteiger partial charge in [-0.2, -0.15) is 0 Å². The van der Waals surface area contributed by atoms with Gasteiger partial charge in [0.2, 0.25) is 0 Å². The van der Waals surface area contributed by atoms with Crippen LogP contribution < -0.4 is 0 Å². The highest BCUT2D eigenvalue weighted by molar-refractivity contribution is 6.08. The summed E-state index contributed by atoms with van der Waals surface area (Å²) in [7, 11) is 1.33. The number of ether oxygens (including phenoxy) is 1. The fourth-order valence-electron chi connectivity index (χ4n) is 2.02. The Hall–Kier alpha value is -1.90. The molecule has 0 spiro atoms. The Morgan fingerprint density at radius 1 is 1.29 bits per heavy atom. The number of fused-ring (bicyclic) bond motifs is 1. The maximum Gasteiger partial charge on any atom is 0.337 e. The molecule has 0 amide bonds. The summed E-state index contributed by atoms with van der Waals surface area (Å²) in [5, 5.41) is 0. The number of methoxy groups -OCH3 is 1. The second kappa shape index (κ2) is 3.84. The Labute approximate surface area is 100 Å². The number of ketones is 1. The van der Waals surface area contributed by atoms with Crippen molar-refractivity contribution in [2.75, 3.05) is 7.11 Å². The van der Waals surface area contributed by atoms with E-state index in [0.717, 1.165) is 5.56 Å². The standard InChI is InChI=1S/C14H14O3/c1-14(2)7-6-12(15)10-8-9(13(16)17-3)4-5-11(10)14/h4-8H,1-3H3. The van der Waals surface area contributed by atoms with Gasteiger partial charge in [-0.3, -0.25) is 4.79 Å². The van der Waals surface area contributed by atoms with Crippen LogP contribution in [0.1, 0.15) is 40.1 Å². The Kier molecular flexibility index (Phi) is 2.62. The minimum absolute atomic E-state index is 0.0647. The molecular weight excluding hydrogens is 216 g/mol. The summed E-state index contributed by atoms with van der Waals surface area (Å²) in [6, 6.07) is 5.12. The molecule has 3 nitrogen and oxygen atoms in total. The molecule has 17 heavy (non-hydrogen) atoms. The second-order valence-corrected chi connectivity index (χ2v) is 4.67. The van der Waals surface area contributed by atoms with Gasteiger partial charge in [-0.25, -0.2) is 4.79 Å². The van der Waals surface area contributed by atoms with Gasteiger partial charge in [-0.15, -0.1) is 0 Å². The monoisotopic (exact) mass is 230 g/mol. The Morgan fingerprint density at radius 2 is 2.00 bits per heavy atom. The van der Waals surface area contributed by atoms with Crippen LogP contribution in [0.5, 0.6) is 0 Å². The van der Waals surface area contributed by atoms with Gasteiger partial charge in [-0.1, -0.05) is 26.0 Å². The topological polar surface area (TPSA) is 43.4 Å². The lowest BCUT2D eigenvalue weighted by Gasteiger charge is -2.27. The van der Waals surface area contributed by atoms with E-state index >= 15 is 0 Å². The molecule has 0 radical (unpaired) electrons. The van der Waals surface area contributed by atoms with E-state index in [1.165, 1.54) is 7.11 Å². The minimum Gasteiger partial charge on any atom is -0.465 e. The number of rotatable bonds is 1. The molecule has 1 aromatic rings. The fraction of sp³-hybridized carbons (Fsp3) is 0.286. The van der Waals surface area contributed by atoms with Crippen molar-refractivity contribution in [1.29, 1.82) is 0 Å². The van der Waals surface area contributed by atoms with Gasteiger partial charge >= 0.3 is 5.97 Å². The van der Waals surface area contributed by atoms with E-state index in [0.29, 0.717) is 11.1 Å². The quantitative estimate of drug-likeness (QED) is 0.696. The first-order valence-electron chi connectivity index (χ1n) is 5.42. The van der Waals surface area contributed by atoms with Crippen molar-refractivity contribution in [3.8, 4) is 0 Å². The number of hydrogen-bond acceptors (Lipinski definition) is 3. The summed E-state index contributed by atoms with van der Waals surface area (Å²) in [6.07, 6.45) is 3.44. The molecule has 0 N–H and O–H groups in total. The van der Waals surface area contributed by atoms with E-state index in [4.69, 9.17) is 0 Å². The number of esters is 1. The third-order valence-corrected chi connectivity index (χ3v) is 3.05. The molecule has 0 heterocycles. The van der Waals surface area contributed by atoms with E-state index in [1.807, 2.05) is 26.0 Å². The third-order valence-electron chi connectivity index (χ3n) is 3.05. The average Bonchev–Trinajstić information content (AvgIpc) is 2.33. The molecule has 0 saturated heterocycles. The van der Waals surface area contributed by atoms with Crippen molar-refractivity contribution in [2.45, 2.75) is 19.3 Å². The van der Waals surface area contributed by atoms with Crippen LogP contribution in [-0.2, 0) is 10.2 Å². The lowest BCUT2D eigenvalue weighted by Crippen LogP contribution is -2.23. The highest BCUT2D eigenvalue weighted by atomic mass is 16.5. The van der Waals surface area contributed by atoms with Gasteiger partial charge in [-0.05, 0) is 23.8 Å². The van der Waals surface area contributed by atoms with Crippen molar-refractivity contribution in [3.63, 3.8) is 0 Å². The van der Waals surface area contributed by atoms with Crippen molar-refractivity contribution < 1.29 is 14.3 Å². The van der Waals surface area contributed by atoms with Gasteiger partial charge in [0.1, 0.15) is 0 Å². The molecule has 0 fully saturated rings. The number of benzene rings is 1. The van der Waals surface area contributed by atoms with Gasteiger partial charge in [0, 0.05) is 11.0 Å². The van der Waals surface area contributed by atoms with Crippen molar-refractivity contribution in [1.82, 2.24) is 0 Å². The van der Waals surface area contributed by atoms with E-state index in [9.17, 15) is 9.59 Å². The Balaban J connectivity index is 2.57. The molecule has 1 aromatic carbocycles. The van der Waals surface area contributed by atoms with Gasteiger partial charge in [0.15, 0.2) is 5.78 Å². The zero-order chi connectivity index (χ0) is 12.6. The van der Waals surface area contributed by atoms with Crippen LogP contribution in [0.4, 0.5) is 0 Å². The fourth-order valence-corrected chi connectivity index (χ4v) is 2.02. The number of carbonyl (C=O) groups excluding carboxylic acids is 2. The summed E-state index contributed by atoms with van der Waals surface area (Å²) in [5.74, 6) is -0.488. The summed E-state index contributed by atoms with van der Waals surface area (Å²) < 4.78 is 4.65. The predicted octanol–water partition coefficient (Wildman–Crippen LogP) is 2.50. The molecule has 2 rings (SSSR count). The molecule has 1 aliphatic rings. The van der Waals surface area contributed by atoms with E-state index in [1.54, 1.807) is 18.2 Å². The first-order valence-corrected chi connectivity index (χ1v) is 5.42. The average molecular weight is 230 g/mol. The Bertz CT molecular complexity index is 524. The van der Waals surface area contributed by atoms with Crippen LogP contribution >= 0.6 is 0 Å². The first kappa shape index (κ1) is 11.6. The molecule has 88 valence electrons. The van der Waals surface area contributed by atoms with E-state index < -0.39 is 5.97 Å². The molecule has 3 heteroatoms. The third kappa shape index (κ3) is 1.88. The number of allylic oxidation sites excluding steroid dienone is 2. The van der Waals surface area contributed by atoms with Crippen LogP contribution in [0.25, 0.3) is 0 Å². The van der Waals surface area contributed by atoms with Crippen LogP contribution in [-0.4, -0.2) is 18.9 Å². The molecule has 1 aliphatic carbocycles. The highest BCUT2D eigenvalue weighted by Crippen LogP contribution is 2.32. The van der Waals surface area contributed by atoms with Crippen molar-refractivity contribution in [3.05, 3.63) is 47.0 Å². The van der Waals surface area contributed by atoms with E-state index in [2.05, 4.69) is 4.74 Å². The molecule has 0 unspecified atom stereocenters. The number of carbonyl (C=O) groups is 2. The van der Waals surface area contributed by atoms with Crippen molar-refractivity contribution in [2.24, 2.45) is 0 Å². The molecular formula is C14H14O3. The van der Waals surface area contributed by atoms with Crippen LogP contribution in [0.15, 0.2) is 30.4 Å². The van der Waals surface area contributed by atoms with Gasteiger partial charge in [0.05, 0.1) is 12.7 Å². The summed E-state index contributed by atoms with van der Waals surface area (Å²) >= 11 is 0. The largest absolute Gasteiger partial charge is 0.465 e. The second-order valence-electron chi connectivity index (χ2n) is 4.67. The van der Waals surface area contributed by atoms with Crippen LogP contribution in [0.3, 0.4) is 0 Å². The zero-order valence-corrected chi connectivity index (χ0v) is 10.1. The highest BCUT2D eigenvalue weighted by Gasteiger charge is 2.27. The molecule has 0 aromatic heterocycles. The normalized spacial score (nSPS) is 16.5. The smallest absolute Gasteiger partial charge is 0.337 e. The van der Waals surface area contributed by atoms with Gasteiger partial charge in [0.25, 0.3) is 0 Å². The summed E-state index contributed by atoms with van der Waals surface area (Å²) in [5.41, 5.74) is 1.75. The lowest BCUT2D eigenvalue weighted by atomic mass is 9.76. The van der Waals surface area contributed by atoms with Crippen LogP contribution in [0.2, 0.25) is 0 Å². The zero-order valence-electron chi connectivity index (χ0n) is 10.1. The molecule has 0 aliphatic heterocycles. The van der Waals surface area contributed by atoms with Gasteiger partial charge < -0.3 is 4.74 Å². The minimum atomic E-state index is -0.423. The SMILES string of the molecule is COC(=O)c1ccc2c(c1)C(=O)C=CC2(C)C. The van der Waals surface area contributed by atoms with Crippen LogP contribution in [0, 0.1) is 0 Å². The maximum atomic E-state index is 11.8. The van der Waals surface area contributed by atoms with E-state index in [-0.39, 0.29) is 11.2 Å². The van der Waals surface area contributed by atoms with Crippen molar-refractivity contribution >= 4 is 11.8 Å². The molecule has 0 bridgehead atoms. The lowest BCUT2D eigenvalue weighted by molar-refractivity contribution is 0.0600. The predicted molar refractivity (Wildman–Crippen MR) is 64.3 cm³/mol. The summed E-state index contributed by atoms with van der Waals surface area (Å²) in [4.78, 5) is 23.2. The molecule has 0 atom stereocenters. The maximum absolute atomic E-state index is 11.8. The Morgan fingerprint density at radius 3 is 2.65 bits per heavy atom. The summed E-state index contributed by atoms with van der Waals surface area (Å²) in [6.45, 7) is 4.07. The first-order chi connectivity index (χ1) is 7.95.